The Kier molecular flexibility index (Phi) is 5.06. The second kappa shape index (κ2) is 6.71. The number of rotatable bonds is 4. The molecule has 1 aliphatic carbocycles. The lowest BCUT2D eigenvalue weighted by Gasteiger charge is -2.46. The molecular weight excluding hydrogens is 308 g/mol. The number of hydrogen-bond donors (Lipinski definition) is 2. The highest BCUT2D eigenvalue weighted by Gasteiger charge is 2.52. The van der Waals surface area contributed by atoms with E-state index in [2.05, 4.69) is 4.74 Å². The Balaban J connectivity index is 2.54. The summed E-state index contributed by atoms with van der Waals surface area (Å²) in [6, 6.07) is 6.84. The Morgan fingerprint density at radius 3 is 2.67 bits per heavy atom. The van der Waals surface area contributed by atoms with Gasteiger partial charge in [-0.2, -0.15) is 0 Å². The molecule has 5 heteroatoms. The normalized spacial score (nSPS) is 27.2. The van der Waals surface area contributed by atoms with Crippen LogP contribution in [-0.4, -0.2) is 35.7 Å². The molecule has 1 aromatic carbocycles. The van der Waals surface area contributed by atoms with E-state index >= 15 is 0 Å². The van der Waals surface area contributed by atoms with Crippen molar-refractivity contribution < 1.29 is 24.5 Å². The van der Waals surface area contributed by atoms with Crippen molar-refractivity contribution in [3.63, 3.8) is 0 Å². The number of carbonyl (C=O) groups excluding carboxylic acids is 2. The third-order valence-corrected chi connectivity index (χ3v) is 4.59. The van der Waals surface area contributed by atoms with E-state index in [1.54, 1.807) is 44.2 Å². The molecule has 0 bridgehead atoms. The lowest BCUT2D eigenvalue weighted by Crippen LogP contribution is -2.50. The van der Waals surface area contributed by atoms with Crippen LogP contribution in [0.25, 0.3) is 0 Å². The fraction of sp³-hybridized carbons (Fsp3) is 0.368. The highest BCUT2D eigenvalue weighted by molar-refractivity contribution is 6.00. The largest absolute Gasteiger partial charge is 0.466 e. The maximum atomic E-state index is 12.4. The van der Waals surface area contributed by atoms with Gasteiger partial charge in [-0.05, 0) is 24.1 Å². The van der Waals surface area contributed by atoms with Crippen LogP contribution in [-0.2, 0) is 15.1 Å². The van der Waals surface area contributed by atoms with E-state index in [4.69, 9.17) is 0 Å². The smallest absolute Gasteiger partial charge is 0.330 e. The molecule has 2 atom stereocenters. The minimum Gasteiger partial charge on any atom is -0.466 e. The Labute approximate surface area is 141 Å². The molecule has 1 aliphatic rings. The number of methoxy groups -OCH3 is 1. The number of ether oxygens (including phenoxy) is 1. The number of aliphatic hydroxyl groups is 2. The van der Waals surface area contributed by atoms with E-state index in [1.165, 1.54) is 19.3 Å². The fourth-order valence-electron chi connectivity index (χ4n) is 2.98. The number of benzene rings is 1. The van der Waals surface area contributed by atoms with Crippen molar-refractivity contribution >= 4 is 11.8 Å². The summed E-state index contributed by atoms with van der Waals surface area (Å²) < 4.78 is 4.57. The van der Waals surface area contributed by atoms with Crippen LogP contribution >= 0.6 is 0 Å². The zero-order valence-electron chi connectivity index (χ0n) is 14.1. The first kappa shape index (κ1) is 18.1. The highest BCUT2D eigenvalue weighted by atomic mass is 16.5. The second-order valence-electron chi connectivity index (χ2n) is 6.38. The van der Waals surface area contributed by atoms with Gasteiger partial charge in [-0.3, -0.25) is 4.79 Å². The van der Waals surface area contributed by atoms with Gasteiger partial charge in [0.1, 0.15) is 5.60 Å². The lowest BCUT2D eigenvalue weighted by atomic mass is 9.61. The zero-order valence-corrected chi connectivity index (χ0v) is 14.1. The van der Waals surface area contributed by atoms with Crippen molar-refractivity contribution in [1.82, 2.24) is 0 Å². The van der Waals surface area contributed by atoms with Gasteiger partial charge in [-0.15, -0.1) is 0 Å². The van der Waals surface area contributed by atoms with Crippen LogP contribution in [0.1, 0.15) is 36.2 Å². The predicted octanol–water partition coefficient (Wildman–Crippen LogP) is 2.13. The molecule has 1 aromatic rings. The molecule has 0 amide bonds. The molecule has 2 rings (SSSR count). The van der Waals surface area contributed by atoms with Crippen LogP contribution in [0.4, 0.5) is 0 Å². The summed E-state index contributed by atoms with van der Waals surface area (Å²) in [7, 11) is 1.29. The summed E-state index contributed by atoms with van der Waals surface area (Å²) in [5, 5.41) is 21.2. The van der Waals surface area contributed by atoms with Crippen molar-refractivity contribution in [2.75, 3.05) is 13.7 Å². The van der Waals surface area contributed by atoms with Crippen LogP contribution in [0, 0.1) is 5.41 Å². The van der Waals surface area contributed by atoms with Gasteiger partial charge >= 0.3 is 5.97 Å². The van der Waals surface area contributed by atoms with Gasteiger partial charge in [0.25, 0.3) is 0 Å². The van der Waals surface area contributed by atoms with Gasteiger partial charge in [0.2, 0.25) is 0 Å². The first-order chi connectivity index (χ1) is 11.3. The lowest BCUT2D eigenvalue weighted by molar-refractivity contribution is -0.134. The Morgan fingerprint density at radius 1 is 1.38 bits per heavy atom. The maximum absolute atomic E-state index is 12.4. The van der Waals surface area contributed by atoms with Gasteiger partial charge in [-0.1, -0.05) is 37.3 Å². The molecule has 0 heterocycles. The molecular formula is C19H22O5. The standard InChI is InChI=1S/C19H22O5/c1-13(10-17(22)24-3)8-9-19(23)15-7-5-4-6-14(15)16(21)11-18(19,2)12-20/h4-10,20,23H,11-12H2,1-3H3/b9-8+,13-10-/t18-,19-/m1/s1. The Bertz CT molecular complexity index is 718. The Morgan fingerprint density at radius 2 is 2.04 bits per heavy atom. The molecule has 24 heavy (non-hydrogen) atoms. The molecule has 0 spiro atoms. The van der Waals surface area contributed by atoms with Crippen LogP contribution in [0.3, 0.4) is 0 Å². The van der Waals surface area contributed by atoms with Gasteiger partial charge in [-0.25, -0.2) is 4.79 Å². The van der Waals surface area contributed by atoms with Crippen molar-refractivity contribution in [2.45, 2.75) is 25.9 Å². The zero-order chi connectivity index (χ0) is 18.0. The van der Waals surface area contributed by atoms with Gasteiger partial charge < -0.3 is 14.9 Å². The Hall–Kier alpha value is -2.24. The number of allylic oxidation sites excluding steroid dienone is 2. The number of ketones is 1. The number of aliphatic hydroxyl groups excluding tert-OH is 1. The van der Waals surface area contributed by atoms with E-state index < -0.39 is 17.0 Å². The molecule has 0 fully saturated rings. The average Bonchev–Trinajstić information content (AvgIpc) is 2.58. The van der Waals surface area contributed by atoms with Gasteiger partial charge in [0.15, 0.2) is 5.78 Å². The minimum atomic E-state index is -1.53. The third-order valence-electron chi connectivity index (χ3n) is 4.59. The molecule has 0 radical (unpaired) electrons. The SMILES string of the molecule is COC(=O)/C=C(C)\C=C\[C@@]1(O)c2ccccc2C(=O)C[C@]1(C)CO. The maximum Gasteiger partial charge on any atom is 0.330 e. The van der Waals surface area contributed by atoms with Gasteiger partial charge in [0.05, 0.1) is 13.7 Å². The number of esters is 1. The fourth-order valence-corrected chi connectivity index (χ4v) is 2.98. The summed E-state index contributed by atoms with van der Waals surface area (Å²) >= 11 is 0. The van der Waals surface area contributed by atoms with E-state index in [0.717, 1.165) is 0 Å². The molecule has 0 aliphatic heterocycles. The molecule has 0 saturated carbocycles. The first-order valence-electron chi connectivity index (χ1n) is 7.69. The van der Waals surface area contributed by atoms with Gasteiger partial charge in [0, 0.05) is 23.5 Å². The number of fused-ring (bicyclic) bond motifs is 1. The molecule has 0 saturated heterocycles. The monoisotopic (exact) mass is 330 g/mol. The van der Waals surface area contributed by atoms with E-state index in [0.29, 0.717) is 16.7 Å². The van der Waals surface area contributed by atoms with E-state index in [1.807, 2.05) is 0 Å². The van der Waals surface area contributed by atoms with Crippen LogP contribution in [0.2, 0.25) is 0 Å². The summed E-state index contributed by atoms with van der Waals surface area (Å²) in [5.41, 5.74) is -1.09. The average molecular weight is 330 g/mol. The van der Waals surface area contributed by atoms with E-state index in [-0.39, 0.29) is 18.8 Å². The predicted molar refractivity (Wildman–Crippen MR) is 89.4 cm³/mol. The number of carbonyl (C=O) groups is 2. The number of hydrogen-bond acceptors (Lipinski definition) is 5. The molecule has 0 aromatic heterocycles. The van der Waals surface area contributed by atoms with Crippen LogP contribution in [0.5, 0.6) is 0 Å². The molecule has 0 unspecified atom stereocenters. The quantitative estimate of drug-likeness (QED) is 0.502. The van der Waals surface area contributed by atoms with Crippen molar-refractivity contribution in [2.24, 2.45) is 5.41 Å². The van der Waals surface area contributed by atoms with E-state index in [9.17, 15) is 19.8 Å². The van der Waals surface area contributed by atoms with Crippen molar-refractivity contribution in [1.29, 1.82) is 0 Å². The first-order valence-corrected chi connectivity index (χ1v) is 7.69. The van der Waals surface area contributed by atoms with Crippen molar-refractivity contribution in [3.8, 4) is 0 Å². The summed E-state index contributed by atoms with van der Waals surface area (Å²) in [6.45, 7) is 3.02. The molecule has 5 nitrogen and oxygen atoms in total. The second-order valence-corrected chi connectivity index (χ2v) is 6.38. The summed E-state index contributed by atoms with van der Waals surface area (Å²) in [5.74, 6) is -0.602. The summed E-state index contributed by atoms with van der Waals surface area (Å²) in [6.07, 6.45) is 4.46. The molecule has 2 N–H and O–H groups in total. The van der Waals surface area contributed by atoms with Crippen LogP contribution < -0.4 is 0 Å². The highest BCUT2D eigenvalue weighted by Crippen LogP contribution is 2.49. The van der Waals surface area contributed by atoms with Crippen LogP contribution in [0.15, 0.2) is 48.1 Å². The summed E-state index contributed by atoms with van der Waals surface area (Å²) in [4.78, 5) is 23.6. The molecule has 128 valence electrons. The minimum absolute atomic E-state index is 0.0289. The third kappa shape index (κ3) is 3.05. The number of Topliss-reactive ketones (excluding diaryl/α,β-unsaturated/α-hetero) is 1. The topological polar surface area (TPSA) is 83.8 Å². The van der Waals surface area contributed by atoms with Crippen molar-refractivity contribution in [3.05, 3.63) is 59.2 Å².